The first-order chi connectivity index (χ1) is 9.24. The van der Waals surface area contributed by atoms with Crippen LogP contribution in [0.2, 0.25) is 5.15 Å². The Kier molecular flexibility index (Phi) is 3.25. The van der Waals surface area contributed by atoms with Gasteiger partial charge >= 0.3 is 0 Å². The number of aromatic nitrogens is 2. The summed E-state index contributed by atoms with van der Waals surface area (Å²) in [5, 5.41) is 0.485. The summed E-state index contributed by atoms with van der Waals surface area (Å²) in [5.41, 5.74) is 2.05. The zero-order valence-corrected chi connectivity index (χ0v) is 11.5. The molecule has 98 valence electrons. The Bertz CT molecular complexity index is 582. The van der Waals surface area contributed by atoms with Gasteiger partial charge in [-0.05, 0) is 24.5 Å². The highest BCUT2D eigenvalue weighted by Gasteiger charge is 2.48. The molecule has 1 saturated carbocycles. The fourth-order valence-electron chi connectivity index (χ4n) is 2.42. The van der Waals surface area contributed by atoms with Crippen molar-refractivity contribution in [1.29, 1.82) is 0 Å². The van der Waals surface area contributed by atoms with Crippen LogP contribution in [0.1, 0.15) is 29.9 Å². The zero-order valence-electron chi connectivity index (χ0n) is 10.8. The van der Waals surface area contributed by atoms with E-state index in [0.29, 0.717) is 11.8 Å². The Hall–Kier alpha value is -1.45. The molecule has 1 aliphatic rings. The van der Waals surface area contributed by atoms with E-state index in [9.17, 15) is 0 Å². The molecule has 3 rings (SSSR count). The van der Waals surface area contributed by atoms with Crippen LogP contribution in [-0.4, -0.2) is 17.1 Å². The normalized spacial score (nSPS) is 16.3. The molecule has 2 aromatic rings. The van der Waals surface area contributed by atoms with Crippen molar-refractivity contribution in [3.05, 3.63) is 58.6 Å². The lowest BCUT2D eigenvalue weighted by molar-refractivity contribution is 0.181. The van der Waals surface area contributed by atoms with Gasteiger partial charge in [-0.2, -0.15) is 0 Å². The fourth-order valence-corrected chi connectivity index (χ4v) is 2.63. The molecule has 0 atom stereocenters. The summed E-state index contributed by atoms with van der Waals surface area (Å²) in [4.78, 5) is 9.04. The van der Waals surface area contributed by atoms with E-state index in [1.165, 1.54) is 5.56 Å². The van der Waals surface area contributed by atoms with Crippen molar-refractivity contribution in [1.82, 2.24) is 9.97 Å². The Morgan fingerprint density at radius 2 is 1.95 bits per heavy atom. The molecule has 1 fully saturated rings. The highest BCUT2D eigenvalue weighted by Crippen LogP contribution is 2.52. The van der Waals surface area contributed by atoms with Crippen LogP contribution in [0.25, 0.3) is 0 Å². The Morgan fingerprint density at radius 1 is 1.21 bits per heavy atom. The lowest BCUT2D eigenvalue weighted by Gasteiger charge is -2.15. The molecule has 0 N–H and O–H groups in total. The maximum Gasteiger partial charge on any atom is 0.140 e. The number of methoxy groups -OCH3 is 1. The van der Waals surface area contributed by atoms with Crippen LogP contribution in [0.4, 0.5) is 0 Å². The quantitative estimate of drug-likeness (QED) is 0.802. The second kappa shape index (κ2) is 4.91. The van der Waals surface area contributed by atoms with Crippen LogP contribution in [0.5, 0.6) is 0 Å². The molecule has 0 spiro atoms. The van der Waals surface area contributed by atoms with E-state index in [0.717, 1.165) is 24.4 Å². The summed E-state index contributed by atoms with van der Waals surface area (Å²) in [6.07, 6.45) is 2.15. The van der Waals surface area contributed by atoms with Crippen molar-refractivity contribution >= 4 is 11.6 Å². The summed E-state index contributed by atoms with van der Waals surface area (Å²) >= 11 is 6.10. The van der Waals surface area contributed by atoms with E-state index >= 15 is 0 Å². The van der Waals surface area contributed by atoms with E-state index in [1.54, 1.807) is 13.2 Å². The first kappa shape index (κ1) is 12.6. The van der Waals surface area contributed by atoms with E-state index in [4.69, 9.17) is 16.3 Å². The molecular formula is C15H15ClN2O. The molecule has 0 unspecified atom stereocenters. The Morgan fingerprint density at radius 3 is 2.58 bits per heavy atom. The Balaban J connectivity index is 2.02. The van der Waals surface area contributed by atoms with Crippen molar-refractivity contribution in [2.24, 2.45) is 0 Å². The van der Waals surface area contributed by atoms with Crippen LogP contribution in [0, 0.1) is 0 Å². The topological polar surface area (TPSA) is 35.0 Å². The molecular weight excluding hydrogens is 260 g/mol. The maximum absolute atomic E-state index is 6.10. The van der Waals surface area contributed by atoms with Gasteiger partial charge in [0.25, 0.3) is 0 Å². The molecule has 1 heterocycles. The van der Waals surface area contributed by atoms with Gasteiger partial charge in [-0.1, -0.05) is 41.9 Å². The Labute approximate surface area is 117 Å². The van der Waals surface area contributed by atoms with Gasteiger partial charge in [0, 0.05) is 7.11 Å². The van der Waals surface area contributed by atoms with Gasteiger partial charge in [-0.15, -0.1) is 0 Å². The molecule has 0 amide bonds. The minimum absolute atomic E-state index is 0.0470. The summed E-state index contributed by atoms with van der Waals surface area (Å²) < 4.78 is 5.13. The summed E-state index contributed by atoms with van der Waals surface area (Å²) in [6.45, 7) is 0.458. The SMILES string of the molecule is COCc1cc(Cl)nc(C2(c3ccccc3)CC2)n1. The highest BCUT2D eigenvalue weighted by molar-refractivity contribution is 6.29. The van der Waals surface area contributed by atoms with E-state index in [1.807, 2.05) is 6.07 Å². The van der Waals surface area contributed by atoms with E-state index < -0.39 is 0 Å². The third-order valence-corrected chi connectivity index (χ3v) is 3.74. The third kappa shape index (κ3) is 2.36. The summed E-state index contributed by atoms with van der Waals surface area (Å²) in [6, 6.07) is 12.1. The monoisotopic (exact) mass is 274 g/mol. The zero-order chi connectivity index (χ0) is 13.3. The van der Waals surface area contributed by atoms with Gasteiger partial charge in [0.15, 0.2) is 0 Å². The second-order valence-electron chi connectivity index (χ2n) is 4.89. The van der Waals surface area contributed by atoms with Gasteiger partial charge in [0.05, 0.1) is 17.7 Å². The predicted octanol–water partition coefficient (Wildman–Crippen LogP) is 3.36. The van der Waals surface area contributed by atoms with E-state index in [2.05, 4.69) is 34.2 Å². The van der Waals surface area contributed by atoms with E-state index in [-0.39, 0.29) is 5.41 Å². The average molecular weight is 275 g/mol. The molecule has 1 aromatic carbocycles. The van der Waals surface area contributed by atoms with Crippen molar-refractivity contribution in [2.45, 2.75) is 24.9 Å². The number of nitrogens with zero attached hydrogens (tertiary/aromatic N) is 2. The largest absolute Gasteiger partial charge is 0.378 e. The number of rotatable bonds is 4. The van der Waals surface area contributed by atoms with Crippen LogP contribution < -0.4 is 0 Å². The second-order valence-corrected chi connectivity index (χ2v) is 5.27. The molecule has 0 saturated heterocycles. The lowest BCUT2D eigenvalue weighted by Crippen LogP contribution is -2.15. The first-order valence-corrected chi connectivity index (χ1v) is 6.71. The standard InChI is InChI=1S/C15H15ClN2O/c1-19-10-12-9-13(16)18-14(17-12)15(7-8-15)11-5-3-2-4-6-11/h2-6,9H,7-8,10H2,1H3. The van der Waals surface area contributed by atoms with Gasteiger partial charge in [-0.25, -0.2) is 9.97 Å². The number of hydrogen-bond acceptors (Lipinski definition) is 3. The van der Waals surface area contributed by atoms with Gasteiger partial charge in [-0.3, -0.25) is 0 Å². The number of hydrogen-bond donors (Lipinski definition) is 0. The van der Waals surface area contributed by atoms with Crippen LogP contribution in [0.3, 0.4) is 0 Å². The molecule has 1 aliphatic carbocycles. The van der Waals surface area contributed by atoms with Crippen molar-refractivity contribution in [3.8, 4) is 0 Å². The minimum Gasteiger partial charge on any atom is -0.378 e. The maximum atomic E-state index is 6.10. The predicted molar refractivity (Wildman–Crippen MR) is 74.2 cm³/mol. The summed E-state index contributed by atoms with van der Waals surface area (Å²) in [5.74, 6) is 0.818. The lowest BCUT2D eigenvalue weighted by atomic mass is 9.95. The smallest absolute Gasteiger partial charge is 0.140 e. The molecule has 4 heteroatoms. The van der Waals surface area contributed by atoms with Gasteiger partial charge in [0.1, 0.15) is 11.0 Å². The highest BCUT2D eigenvalue weighted by atomic mass is 35.5. The molecule has 3 nitrogen and oxygen atoms in total. The summed E-state index contributed by atoms with van der Waals surface area (Å²) in [7, 11) is 1.65. The molecule has 0 radical (unpaired) electrons. The average Bonchev–Trinajstić information content (AvgIpc) is 3.21. The number of ether oxygens (including phenoxy) is 1. The van der Waals surface area contributed by atoms with Crippen LogP contribution >= 0.6 is 11.6 Å². The first-order valence-electron chi connectivity index (χ1n) is 6.33. The molecule has 1 aromatic heterocycles. The number of benzene rings is 1. The molecule has 0 bridgehead atoms. The van der Waals surface area contributed by atoms with Crippen molar-refractivity contribution in [2.75, 3.05) is 7.11 Å². The third-order valence-electron chi connectivity index (χ3n) is 3.54. The molecule has 19 heavy (non-hydrogen) atoms. The minimum atomic E-state index is -0.0470. The van der Waals surface area contributed by atoms with Gasteiger partial charge < -0.3 is 4.74 Å². The van der Waals surface area contributed by atoms with Crippen molar-refractivity contribution in [3.63, 3.8) is 0 Å². The van der Waals surface area contributed by atoms with Crippen molar-refractivity contribution < 1.29 is 4.74 Å². The molecule has 0 aliphatic heterocycles. The number of halogens is 1. The van der Waals surface area contributed by atoms with Crippen LogP contribution in [-0.2, 0) is 16.8 Å². The van der Waals surface area contributed by atoms with Gasteiger partial charge in [0.2, 0.25) is 0 Å². The van der Waals surface area contributed by atoms with Crippen LogP contribution in [0.15, 0.2) is 36.4 Å². The fraction of sp³-hybridized carbons (Fsp3) is 0.333.